The first-order chi connectivity index (χ1) is 8.56. The molecule has 0 aromatic carbocycles. The lowest BCUT2D eigenvalue weighted by atomic mass is 10.3. The summed E-state index contributed by atoms with van der Waals surface area (Å²) in [7, 11) is 0. The summed E-state index contributed by atoms with van der Waals surface area (Å²) < 4.78 is 0. The highest BCUT2D eigenvalue weighted by Gasteiger charge is 2.15. The van der Waals surface area contributed by atoms with Crippen molar-refractivity contribution in [3.05, 3.63) is 34.2 Å². The molecule has 2 aromatic rings. The standard InChI is InChI=1S/C11H13N5OS/c1-6-3-14-11(18-6)7(2)15-10(17)8-4-13-5-9(12)16-8/h3-5,7H,1-2H3,(H2,12,16)(H,15,17). The first kappa shape index (κ1) is 12.4. The number of thiazole rings is 1. The van der Waals surface area contributed by atoms with Gasteiger partial charge in [-0.1, -0.05) is 0 Å². The molecule has 0 spiro atoms. The molecule has 6 nitrogen and oxygen atoms in total. The van der Waals surface area contributed by atoms with Gasteiger partial charge in [0.2, 0.25) is 0 Å². The van der Waals surface area contributed by atoms with Crippen LogP contribution in [-0.2, 0) is 0 Å². The van der Waals surface area contributed by atoms with Crippen LogP contribution in [0.4, 0.5) is 5.82 Å². The Hall–Kier alpha value is -2.02. The summed E-state index contributed by atoms with van der Waals surface area (Å²) >= 11 is 1.55. The van der Waals surface area contributed by atoms with Crippen LogP contribution in [0.5, 0.6) is 0 Å². The second kappa shape index (κ2) is 5.09. The Labute approximate surface area is 108 Å². The highest BCUT2D eigenvalue weighted by Crippen LogP contribution is 2.19. The highest BCUT2D eigenvalue weighted by atomic mass is 32.1. The number of nitrogens with two attached hydrogens (primary N) is 1. The minimum Gasteiger partial charge on any atom is -0.382 e. The van der Waals surface area contributed by atoms with Gasteiger partial charge >= 0.3 is 0 Å². The van der Waals surface area contributed by atoms with Gasteiger partial charge in [0.25, 0.3) is 5.91 Å². The Balaban J connectivity index is 2.08. The van der Waals surface area contributed by atoms with E-state index in [9.17, 15) is 4.79 Å². The zero-order valence-corrected chi connectivity index (χ0v) is 10.9. The number of hydrogen-bond acceptors (Lipinski definition) is 6. The van der Waals surface area contributed by atoms with Gasteiger partial charge in [0.15, 0.2) is 0 Å². The van der Waals surface area contributed by atoms with Crippen molar-refractivity contribution in [2.75, 3.05) is 5.73 Å². The second-order valence-corrected chi connectivity index (χ2v) is 5.10. The Morgan fingerprint density at radius 1 is 1.44 bits per heavy atom. The number of aromatic nitrogens is 3. The van der Waals surface area contributed by atoms with Gasteiger partial charge in [0, 0.05) is 11.1 Å². The first-order valence-corrected chi connectivity index (χ1v) is 6.18. The number of rotatable bonds is 3. The normalized spacial score (nSPS) is 12.1. The third-order valence-corrected chi connectivity index (χ3v) is 3.34. The van der Waals surface area contributed by atoms with E-state index in [-0.39, 0.29) is 23.5 Å². The Morgan fingerprint density at radius 2 is 2.22 bits per heavy atom. The summed E-state index contributed by atoms with van der Waals surface area (Å²) in [5.74, 6) is -0.0875. The van der Waals surface area contributed by atoms with E-state index in [2.05, 4.69) is 20.3 Å². The lowest BCUT2D eigenvalue weighted by Crippen LogP contribution is -2.27. The van der Waals surface area contributed by atoms with Crippen molar-refractivity contribution in [3.8, 4) is 0 Å². The average molecular weight is 263 g/mol. The molecule has 0 aliphatic carbocycles. The van der Waals surface area contributed by atoms with Crippen molar-refractivity contribution in [2.24, 2.45) is 0 Å². The van der Waals surface area contributed by atoms with Gasteiger partial charge in [0.1, 0.15) is 16.5 Å². The molecule has 7 heteroatoms. The molecule has 3 N–H and O–H groups in total. The van der Waals surface area contributed by atoms with Crippen LogP contribution in [-0.4, -0.2) is 20.9 Å². The predicted molar refractivity (Wildman–Crippen MR) is 69.2 cm³/mol. The number of hydrogen-bond donors (Lipinski definition) is 2. The molecule has 1 atom stereocenters. The molecule has 0 aliphatic heterocycles. The van der Waals surface area contributed by atoms with Crippen molar-refractivity contribution in [1.82, 2.24) is 20.3 Å². The molecule has 2 heterocycles. The molecule has 94 valence electrons. The van der Waals surface area contributed by atoms with Gasteiger partial charge in [-0.15, -0.1) is 11.3 Å². The second-order valence-electron chi connectivity index (χ2n) is 3.83. The maximum Gasteiger partial charge on any atom is 0.272 e. The van der Waals surface area contributed by atoms with E-state index in [1.165, 1.54) is 12.4 Å². The number of nitrogens with one attached hydrogen (secondary N) is 1. The van der Waals surface area contributed by atoms with Crippen molar-refractivity contribution in [3.63, 3.8) is 0 Å². The van der Waals surface area contributed by atoms with Crippen LogP contribution < -0.4 is 11.1 Å². The van der Waals surface area contributed by atoms with Gasteiger partial charge in [-0.2, -0.15) is 0 Å². The largest absolute Gasteiger partial charge is 0.382 e. The molecule has 2 aromatic heterocycles. The fourth-order valence-electron chi connectivity index (χ4n) is 1.40. The number of aryl methyl sites for hydroxylation is 1. The van der Waals surface area contributed by atoms with Crippen LogP contribution >= 0.6 is 11.3 Å². The monoisotopic (exact) mass is 263 g/mol. The molecule has 0 aliphatic rings. The van der Waals surface area contributed by atoms with E-state index in [1.54, 1.807) is 17.5 Å². The van der Waals surface area contributed by atoms with Gasteiger partial charge < -0.3 is 11.1 Å². The quantitative estimate of drug-likeness (QED) is 0.870. The molecule has 1 unspecified atom stereocenters. The van der Waals surface area contributed by atoms with E-state index >= 15 is 0 Å². The summed E-state index contributed by atoms with van der Waals surface area (Å²) in [6.45, 7) is 3.84. The summed E-state index contributed by atoms with van der Waals surface area (Å²) in [6.07, 6.45) is 4.55. The van der Waals surface area contributed by atoms with Crippen molar-refractivity contribution >= 4 is 23.1 Å². The molecule has 0 fully saturated rings. The van der Waals surface area contributed by atoms with Crippen molar-refractivity contribution < 1.29 is 4.79 Å². The van der Waals surface area contributed by atoms with Crippen molar-refractivity contribution in [1.29, 1.82) is 0 Å². The number of anilines is 1. The minimum absolute atomic E-state index is 0.167. The fraction of sp³-hybridized carbons (Fsp3) is 0.273. The number of carbonyl (C=O) groups is 1. The zero-order chi connectivity index (χ0) is 13.1. The SMILES string of the molecule is Cc1cnc(C(C)NC(=O)c2cncc(N)n2)s1. The Morgan fingerprint density at radius 3 is 2.83 bits per heavy atom. The molecular formula is C11H13N5OS. The molecule has 1 amide bonds. The van der Waals surface area contributed by atoms with E-state index in [1.807, 2.05) is 13.8 Å². The Bertz CT molecular complexity index is 568. The van der Waals surface area contributed by atoms with Crippen LogP contribution in [0.3, 0.4) is 0 Å². The van der Waals surface area contributed by atoms with E-state index < -0.39 is 0 Å². The lowest BCUT2D eigenvalue weighted by molar-refractivity contribution is 0.0934. The fourth-order valence-corrected chi connectivity index (χ4v) is 2.17. The average Bonchev–Trinajstić information content (AvgIpc) is 2.76. The van der Waals surface area contributed by atoms with Gasteiger partial charge in [-0.05, 0) is 13.8 Å². The lowest BCUT2D eigenvalue weighted by Gasteiger charge is -2.10. The predicted octanol–water partition coefficient (Wildman–Crippen LogP) is 1.31. The van der Waals surface area contributed by atoms with E-state index in [4.69, 9.17) is 5.73 Å². The number of nitrogen functional groups attached to an aromatic ring is 1. The van der Waals surface area contributed by atoms with Gasteiger partial charge in [0.05, 0.1) is 18.4 Å². The number of carbonyl (C=O) groups excluding carboxylic acids is 1. The van der Waals surface area contributed by atoms with E-state index in [0.29, 0.717) is 0 Å². The first-order valence-electron chi connectivity index (χ1n) is 5.37. The third kappa shape index (κ3) is 2.80. The topological polar surface area (TPSA) is 93.8 Å². The molecule has 0 bridgehead atoms. The summed E-state index contributed by atoms with van der Waals surface area (Å²) in [5, 5.41) is 3.66. The van der Waals surface area contributed by atoms with Crippen LogP contribution in [0.2, 0.25) is 0 Å². The molecule has 18 heavy (non-hydrogen) atoms. The van der Waals surface area contributed by atoms with Crippen LogP contribution in [0.25, 0.3) is 0 Å². The molecular weight excluding hydrogens is 250 g/mol. The van der Waals surface area contributed by atoms with Crippen LogP contribution in [0.15, 0.2) is 18.6 Å². The maximum atomic E-state index is 11.9. The molecule has 0 saturated heterocycles. The van der Waals surface area contributed by atoms with Gasteiger partial charge in [-0.3, -0.25) is 9.78 Å². The summed E-state index contributed by atoms with van der Waals surface area (Å²) in [6, 6.07) is -0.167. The van der Waals surface area contributed by atoms with E-state index in [0.717, 1.165) is 9.88 Å². The molecule has 0 radical (unpaired) electrons. The molecule has 0 saturated carbocycles. The van der Waals surface area contributed by atoms with Crippen LogP contribution in [0.1, 0.15) is 33.3 Å². The van der Waals surface area contributed by atoms with Crippen LogP contribution in [0, 0.1) is 6.92 Å². The number of amides is 1. The smallest absolute Gasteiger partial charge is 0.272 e. The minimum atomic E-state index is -0.310. The third-order valence-electron chi connectivity index (χ3n) is 2.24. The Kier molecular flexibility index (Phi) is 3.52. The molecule has 2 rings (SSSR count). The zero-order valence-electron chi connectivity index (χ0n) is 10.0. The summed E-state index contributed by atoms with van der Waals surface area (Å²) in [5.41, 5.74) is 5.68. The van der Waals surface area contributed by atoms with Gasteiger partial charge in [-0.25, -0.2) is 9.97 Å². The number of nitrogens with zero attached hydrogens (tertiary/aromatic N) is 3. The van der Waals surface area contributed by atoms with Crippen molar-refractivity contribution in [2.45, 2.75) is 19.9 Å². The maximum absolute atomic E-state index is 11.9. The highest BCUT2D eigenvalue weighted by molar-refractivity contribution is 7.11. The summed E-state index contributed by atoms with van der Waals surface area (Å²) in [4.78, 5) is 25.0.